The fourth-order valence-electron chi connectivity index (χ4n) is 2.43. The maximum absolute atomic E-state index is 13.0. The molecule has 0 amide bonds. The van der Waals surface area contributed by atoms with Crippen molar-refractivity contribution in [3.8, 4) is 5.75 Å². The molecular formula is C20H12F6O3S2. The van der Waals surface area contributed by atoms with E-state index in [1.165, 1.54) is 36.0 Å². The predicted molar refractivity (Wildman–Crippen MR) is 101 cm³/mol. The summed E-state index contributed by atoms with van der Waals surface area (Å²) in [5, 5.41) is 0. The summed E-state index contributed by atoms with van der Waals surface area (Å²) in [6.45, 7) is 0. The van der Waals surface area contributed by atoms with E-state index in [2.05, 4.69) is 0 Å². The van der Waals surface area contributed by atoms with Crippen molar-refractivity contribution in [3.63, 3.8) is 0 Å². The highest BCUT2D eigenvalue weighted by molar-refractivity contribution is 7.99. The van der Waals surface area contributed by atoms with Crippen molar-refractivity contribution < 1.29 is 38.9 Å². The SMILES string of the molecule is O=S(=O)(Oc1ccc(Sc2ccccc2)cc1)c1cc(C(F)(F)F)cc(C(F)(F)F)c1. The summed E-state index contributed by atoms with van der Waals surface area (Å²) in [7, 11) is -4.96. The highest BCUT2D eigenvalue weighted by Gasteiger charge is 2.38. The molecule has 31 heavy (non-hydrogen) atoms. The molecule has 0 saturated carbocycles. The van der Waals surface area contributed by atoms with E-state index in [0.29, 0.717) is 0 Å². The lowest BCUT2D eigenvalue weighted by Crippen LogP contribution is -2.16. The minimum atomic E-state index is -5.18. The Morgan fingerprint density at radius 2 is 1.16 bits per heavy atom. The van der Waals surface area contributed by atoms with E-state index in [1.54, 1.807) is 0 Å². The van der Waals surface area contributed by atoms with Gasteiger partial charge in [0.05, 0.1) is 11.1 Å². The molecule has 0 aliphatic carbocycles. The standard InChI is InChI=1S/C20H12F6O3S2/c21-19(22,23)13-10-14(20(24,25)26)12-18(11-13)31(27,28)29-15-6-8-17(9-7-15)30-16-4-2-1-3-5-16/h1-12H. The maximum Gasteiger partial charge on any atom is 0.416 e. The number of hydrogen-bond donors (Lipinski definition) is 0. The molecular weight excluding hydrogens is 466 g/mol. The average Bonchev–Trinajstić information content (AvgIpc) is 2.68. The van der Waals surface area contributed by atoms with Crippen LogP contribution in [-0.2, 0) is 22.5 Å². The Balaban J connectivity index is 1.88. The number of halogens is 6. The lowest BCUT2D eigenvalue weighted by molar-refractivity contribution is -0.143. The van der Waals surface area contributed by atoms with Crippen LogP contribution < -0.4 is 4.18 Å². The van der Waals surface area contributed by atoms with Crippen LogP contribution in [0, 0.1) is 0 Å². The molecule has 0 aliphatic rings. The number of hydrogen-bond acceptors (Lipinski definition) is 4. The monoisotopic (exact) mass is 478 g/mol. The molecule has 0 heterocycles. The number of alkyl halides is 6. The van der Waals surface area contributed by atoms with Gasteiger partial charge in [-0.1, -0.05) is 30.0 Å². The third-order valence-electron chi connectivity index (χ3n) is 3.86. The second-order valence-electron chi connectivity index (χ2n) is 6.17. The van der Waals surface area contributed by atoms with Crippen LogP contribution in [0.2, 0.25) is 0 Å². The third kappa shape index (κ3) is 5.95. The van der Waals surface area contributed by atoms with Crippen molar-refractivity contribution in [3.05, 3.63) is 83.9 Å². The van der Waals surface area contributed by atoms with Crippen LogP contribution in [0.1, 0.15) is 11.1 Å². The number of rotatable bonds is 5. The summed E-state index contributed by atoms with van der Waals surface area (Å²) >= 11 is 1.37. The van der Waals surface area contributed by atoms with Gasteiger partial charge in [-0.3, -0.25) is 0 Å². The Morgan fingerprint density at radius 3 is 1.65 bits per heavy atom. The van der Waals surface area contributed by atoms with Gasteiger partial charge in [0, 0.05) is 9.79 Å². The van der Waals surface area contributed by atoms with Crippen molar-refractivity contribution >= 4 is 21.9 Å². The zero-order valence-electron chi connectivity index (χ0n) is 15.2. The summed E-state index contributed by atoms with van der Waals surface area (Å²) in [5.74, 6) is -0.261. The molecule has 0 fully saturated rings. The first-order valence-corrected chi connectivity index (χ1v) is 10.6. The van der Waals surface area contributed by atoms with Crippen LogP contribution in [0.4, 0.5) is 26.3 Å². The molecule has 11 heteroatoms. The van der Waals surface area contributed by atoms with Gasteiger partial charge in [-0.2, -0.15) is 34.8 Å². The van der Waals surface area contributed by atoms with Crippen molar-refractivity contribution in [2.24, 2.45) is 0 Å². The fourth-order valence-corrected chi connectivity index (χ4v) is 4.27. The Morgan fingerprint density at radius 1 is 0.677 bits per heavy atom. The summed E-state index contributed by atoms with van der Waals surface area (Å²) in [6.07, 6.45) is -10.4. The van der Waals surface area contributed by atoms with E-state index in [4.69, 9.17) is 4.18 Å². The third-order valence-corrected chi connectivity index (χ3v) is 6.10. The molecule has 0 saturated heterocycles. The van der Waals surface area contributed by atoms with Gasteiger partial charge < -0.3 is 4.18 Å². The van der Waals surface area contributed by atoms with E-state index >= 15 is 0 Å². The number of benzene rings is 3. The molecule has 0 aliphatic heterocycles. The van der Waals surface area contributed by atoms with Gasteiger partial charge in [-0.05, 0) is 54.6 Å². The molecule has 0 atom stereocenters. The van der Waals surface area contributed by atoms with E-state index in [-0.39, 0.29) is 23.9 Å². The van der Waals surface area contributed by atoms with Crippen LogP contribution in [0.3, 0.4) is 0 Å². The summed E-state index contributed by atoms with van der Waals surface area (Å²) in [5.41, 5.74) is -3.50. The van der Waals surface area contributed by atoms with Crippen LogP contribution in [0.15, 0.2) is 87.5 Å². The Labute approximate surface area is 177 Å². The van der Waals surface area contributed by atoms with Gasteiger partial charge in [0.1, 0.15) is 10.6 Å². The van der Waals surface area contributed by atoms with Gasteiger partial charge in [-0.15, -0.1) is 0 Å². The molecule has 0 N–H and O–H groups in total. The summed E-state index contributed by atoms with van der Waals surface area (Å²) in [6, 6.07) is 14.8. The van der Waals surface area contributed by atoms with E-state index in [0.717, 1.165) is 9.79 Å². The predicted octanol–water partition coefficient (Wildman–Crippen LogP) is 6.64. The highest BCUT2D eigenvalue weighted by atomic mass is 32.2. The van der Waals surface area contributed by atoms with Crippen molar-refractivity contribution in [2.75, 3.05) is 0 Å². The minimum Gasteiger partial charge on any atom is -0.379 e. The first-order valence-electron chi connectivity index (χ1n) is 8.41. The fraction of sp³-hybridized carbons (Fsp3) is 0.100. The molecule has 3 nitrogen and oxygen atoms in total. The molecule has 3 aromatic carbocycles. The van der Waals surface area contributed by atoms with Gasteiger partial charge >= 0.3 is 22.5 Å². The second-order valence-corrected chi connectivity index (χ2v) is 8.86. The minimum absolute atomic E-state index is 0.101. The lowest BCUT2D eigenvalue weighted by atomic mass is 10.1. The topological polar surface area (TPSA) is 43.4 Å². The van der Waals surface area contributed by atoms with E-state index in [9.17, 15) is 34.8 Å². The Hall–Kier alpha value is -2.66. The average molecular weight is 478 g/mol. The van der Waals surface area contributed by atoms with E-state index < -0.39 is 38.5 Å². The largest absolute Gasteiger partial charge is 0.416 e. The Kier molecular flexibility index (Phi) is 6.28. The quantitative estimate of drug-likeness (QED) is 0.305. The van der Waals surface area contributed by atoms with Crippen LogP contribution in [-0.4, -0.2) is 8.42 Å². The van der Waals surface area contributed by atoms with E-state index in [1.807, 2.05) is 30.3 Å². The first kappa shape index (κ1) is 23.0. The first-order chi connectivity index (χ1) is 14.3. The molecule has 164 valence electrons. The van der Waals surface area contributed by atoms with Crippen LogP contribution in [0.5, 0.6) is 5.75 Å². The smallest absolute Gasteiger partial charge is 0.379 e. The van der Waals surface area contributed by atoms with Crippen LogP contribution >= 0.6 is 11.8 Å². The lowest BCUT2D eigenvalue weighted by Gasteiger charge is -2.14. The molecule has 0 bridgehead atoms. The van der Waals surface area contributed by atoms with Crippen LogP contribution in [0.25, 0.3) is 0 Å². The van der Waals surface area contributed by atoms with Gasteiger partial charge in [0.15, 0.2) is 0 Å². The molecule has 0 unspecified atom stereocenters. The zero-order chi connectivity index (χ0) is 22.9. The second kappa shape index (κ2) is 8.46. The normalized spacial score (nSPS) is 12.6. The molecule has 3 rings (SSSR count). The summed E-state index contributed by atoms with van der Waals surface area (Å²) in [4.78, 5) is 0.374. The Bertz CT molecular complexity index is 1120. The van der Waals surface area contributed by atoms with Gasteiger partial charge in [-0.25, -0.2) is 0 Å². The molecule has 3 aromatic rings. The van der Waals surface area contributed by atoms with Crippen molar-refractivity contribution in [1.82, 2.24) is 0 Å². The molecule has 0 radical (unpaired) electrons. The van der Waals surface area contributed by atoms with Gasteiger partial charge in [0.2, 0.25) is 0 Å². The highest BCUT2D eigenvalue weighted by Crippen LogP contribution is 2.38. The van der Waals surface area contributed by atoms with Crippen molar-refractivity contribution in [1.29, 1.82) is 0 Å². The van der Waals surface area contributed by atoms with Crippen molar-refractivity contribution in [2.45, 2.75) is 27.0 Å². The molecule has 0 spiro atoms. The van der Waals surface area contributed by atoms with Gasteiger partial charge in [0.25, 0.3) is 0 Å². The summed E-state index contributed by atoms with van der Waals surface area (Å²) < 4.78 is 107. The zero-order valence-corrected chi connectivity index (χ0v) is 16.9. The molecule has 0 aromatic heterocycles. The maximum atomic E-state index is 13.0.